The summed E-state index contributed by atoms with van der Waals surface area (Å²) < 4.78 is 45.3. The van der Waals surface area contributed by atoms with E-state index >= 15 is 0 Å². The van der Waals surface area contributed by atoms with E-state index in [-0.39, 0.29) is 11.5 Å². The van der Waals surface area contributed by atoms with E-state index in [1.165, 1.54) is 24.4 Å². The van der Waals surface area contributed by atoms with E-state index in [1.807, 2.05) is 0 Å². The Hall–Kier alpha value is -2.02. The molecule has 0 fully saturated rings. The Bertz CT molecular complexity index is 566. The number of nitrogens with zero attached hydrogens (tertiary/aromatic N) is 2. The summed E-state index contributed by atoms with van der Waals surface area (Å²) in [6, 6.07) is 5.07. The molecule has 0 aliphatic carbocycles. The first kappa shape index (κ1) is 14.4. The van der Waals surface area contributed by atoms with Gasteiger partial charge >= 0.3 is 6.18 Å². The van der Waals surface area contributed by atoms with Crippen LogP contribution in [-0.4, -0.2) is 16.3 Å². The third-order valence-electron chi connectivity index (χ3n) is 2.62. The van der Waals surface area contributed by atoms with Crippen molar-refractivity contribution in [2.45, 2.75) is 19.1 Å². The van der Waals surface area contributed by atoms with Gasteiger partial charge in [-0.1, -0.05) is 12.1 Å². The fourth-order valence-corrected chi connectivity index (χ4v) is 1.69. The SMILES string of the molecule is NCCCn1cc(Oc2ccccc2C(F)(F)F)cn1. The number of hydrogen-bond acceptors (Lipinski definition) is 3. The van der Waals surface area contributed by atoms with Crippen LogP contribution in [0.4, 0.5) is 13.2 Å². The summed E-state index contributed by atoms with van der Waals surface area (Å²) in [7, 11) is 0. The monoisotopic (exact) mass is 285 g/mol. The molecule has 0 aliphatic heterocycles. The maximum absolute atomic E-state index is 12.8. The number of nitrogens with two attached hydrogens (primary N) is 1. The molecule has 20 heavy (non-hydrogen) atoms. The summed E-state index contributed by atoms with van der Waals surface area (Å²) in [5.41, 5.74) is 4.57. The van der Waals surface area contributed by atoms with Crippen molar-refractivity contribution < 1.29 is 17.9 Å². The number of halogens is 3. The lowest BCUT2D eigenvalue weighted by Gasteiger charge is -2.12. The summed E-state index contributed by atoms with van der Waals surface area (Å²) in [5, 5.41) is 4.00. The molecule has 0 atom stereocenters. The molecule has 4 nitrogen and oxygen atoms in total. The molecule has 0 amide bonds. The van der Waals surface area contributed by atoms with Crippen LogP contribution >= 0.6 is 0 Å². The topological polar surface area (TPSA) is 53.1 Å². The van der Waals surface area contributed by atoms with E-state index in [0.29, 0.717) is 13.1 Å². The normalized spacial score (nSPS) is 11.6. The average Bonchev–Trinajstić information content (AvgIpc) is 2.83. The van der Waals surface area contributed by atoms with Gasteiger partial charge in [-0.3, -0.25) is 4.68 Å². The van der Waals surface area contributed by atoms with E-state index in [4.69, 9.17) is 10.5 Å². The largest absolute Gasteiger partial charge is 0.453 e. The number of hydrogen-bond donors (Lipinski definition) is 1. The summed E-state index contributed by atoms with van der Waals surface area (Å²) in [6.45, 7) is 1.12. The van der Waals surface area contributed by atoms with E-state index in [9.17, 15) is 13.2 Å². The van der Waals surface area contributed by atoms with Gasteiger partial charge in [0.15, 0.2) is 5.75 Å². The number of benzene rings is 1. The van der Waals surface area contributed by atoms with Gasteiger partial charge in [-0.25, -0.2) is 0 Å². The lowest BCUT2D eigenvalue weighted by molar-refractivity contribution is -0.138. The molecule has 1 heterocycles. The highest BCUT2D eigenvalue weighted by Gasteiger charge is 2.34. The second-order valence-corrected chi connectivity index (χ2v) is 4.18. The molecule has 2 aromatic rings. The minimum atomic E-state index is -4.45. The molecule has 0 spiro atoms. The number of aryl methyl sites for hydroxylation is 1. The lowest BCUT2D eigenvalue weighted by Crippen LogP contribution is -2.06. The standard InChI is InChI=1S/C13H14F3N3O/c14-13(15,16)11-4-1-2-5-12(11)20-10-8-18-19(9-10)7-3-6-17/h1-2,4-5,8-9H,3,6-7,17H2. The molecule has 0 aliphatic rings. The fourth-order valence-electron chi connectivity index (χ4n) is 1.69. The molecule has 108 valence electrons. The highest BCUT2D eigenvalue weighted by molar-refractivity contribution is 5.38. The van der Waals surface area contributed by atoms with Crippen molar-refractivity contribution in [2.75, 3.05) is 6.54 Å². The van der Waals surface area contributed by atoms with Crippen molar-refractivity contribution in [2.24, 2.45) is 5.73 Å². The third-order valence-corrected chi connectivity index (χ3v) is 2.62. The van der Waals surface area contributed by atoms with E-state index < -0.39 is 11.7 Å². The van der Waals surface area contributed by atoms with Crippen molar-refractivity contribution in [3.8, 4) is 11.5 Å². The zero-order chi connectivity index (χ0) is 14.6. The summed E-state index contributed by atoms with van der Waals surface area (Å²) in [4.78, 5) is 0. The molecular formula is C13H14F3N3O. The van der Waals surface area contributed by atoms with Crippen molar-refractivity contribution in [1.82, 2.24) is 9.78 Å². The smallest absolute Gasteiger partial charge is 0.419 e. The predicted molar refractivity (Wildman–Crippen MR) is 67.4 cm³/mol. The van der Waals surface area contributed by atoms with Gasteiger partial charge in [-0.15, -0.1) is 0 Å². The van der Waals surface area contributed by atoms with E-state index in [0.717, 1.165) is 12.5 Å². The Kier molecular flexibility index (Phi) is 4.29. The summed E-state index contributed by atoms with van der Waals surface area (Å²) in [6.07, 6.45) is -0.793. The maximum Gasteiger partial charge on any atom is 0.419 e. The molecule has 0 saturated heterocycles. The minimum Gasteiger partial charge on any atom is -0.453 e. The molecule has 1 aromatic heterocycles. The fraction of sp³-hybridized carbons (Fsp3) is 0.308. The Morgan fingerprint density at radius 1 is 1.25 bits per heavy atom. The first-order chi connectivity index (χ1) is 9.50. The van der Waals surface area contributed by atoms with Gasteiger partial charge in [-0.2, -0.15) is 18.3 Å². The van der Waals surface area contributed by atoms with Crippen LogP contribution in [0.1, 0.15) is 12.0 Å². The lowest BCUT2D eigenvalue weighted by atomic mass is 10.2. The molecule has 7 heteroatoms. The first-order valence-corrected chi connectivity index (χ1v) is 6.07. The van der Waals surface area contributed by atoms with Gasteiger partial charge in [0.25, 0.3) is 0 Å². The van der Waals surface area contributed by atoms with Gasteiger partial charge in [0.2, 0.25) is 0 Å². The van der Waals surface area contributed by atoms with Gasteiger partial charge in [-0.05, 0) is 25.1 Å². The van der Waals surface area contributed by atoms with Crippen molar-refractivity contribution in [3.63, 3.8) is 0 Å². The van der Waals surface area contributed by atoms with Crippen LogP contribution in [0.5, 0.6) is 11.5 Å². The average molecular weight is 285 g/mol. The molecule has 0 bridgehead atoms. The predicted octanol–water partition coefficient (Wildman–Crippen LogP) is 3.04. The second-order valence-electron chi connectivity index (χ2n) is 4.18. The third kappa shape index (κ3) is 3.51. The van der Waals surface area contributed by atoms with Crippen LogP contribution in [0.3, 0.4) is 0 Å². The van der Waals surface area contributed by atoms with Crippen LogP contribution < -0.4 is 10.5 Å². The molecule has 0 saturated carbocycles. The summed E-state index contributed by atoms with van der Waals surface area (Å²) >= 11 is 0. The first-order valence-electron chi connectivity index (χ1n) is 6.07. The number of rotatable bonds is 5. The Labute approximate surface area is 114 Å². The molecule has 0 radical (unpaired) electrons. The van der Waals surface area contributed by atoms with Crippen LogP contribution in [0.15, 0.2) is 36.7 Å². The Morgan fingerprint density at radius 2 is 2.00 bits per heavy atom. The van der Waals surface area contributed by atoms with Gasteiger partial charge in [0.1, 0.15) is 5.75 Å². The van der Waals surface area contributed by atoms with Crippen LogP contribution in [-0.2, 0) is 12.7 Å². The molecule has 0 unspecified atom stereocenters. The van der Waals surface area contributed by atoms with Gasteiger partial charge in [0.05, 0.1) is 18.0 Å². The van der Waals surface area contributed by atoms with Crippen LogP contribution in [0.25, 0.3) is 0 Å². The van der Waals surface area contributed by atoms with Crippen LogP contribution in [0, 0.1) is 0 Å². The second kappa shape index (κ2) is 5.96. The van der Waals surface area contributed by atoms with Gasteiger partial charge < -0.3 is 10.5 Å². The van der Waals surface area contributed by atoms with Crippen molar-refractivity contribution in [1.29, 1.82) is 0 Å². The maximum atomic E-state index is 12.8. The molecule has 2 rings (SSSR count). The number of ether oxygens (including phenoxy) is 1. The Morgan fingerprint density at radius 3 is 2.70 bits per heavy atom. The highest BCUT2D eigenvalue weighted by atomic mass is 19.4. The number of para-hydroxylation sites is 1. The van der Waals surface area contributed by atoms with E-state index in [2.05, 4.69) is 5.10 Å². The zero-order valence-electron chi connectivity index (χ0n) is 10.6. The molecular weight excluding hydrogens is 271 g/mol. The van der Waals surface area contributed by atoms with Crippen molar-refractivity contribution >= 4 is 0 Å². The highest BCUT2D eigenvalue weighted by Crippen LogP contribution is 2.37. The minimum absolute atomic E-state index is 0.238. The Balaban J connectivity index is 2.16. The number of aromatic nitrogens is 2. The zero-order valence-corrected chi connectivity index (χ0v) is 10.6. The quantitative estimate of drug-likeness (QED) is 0.918. The molecule has 1 aromatic carbocycles. The number of alkyl halides is 3. The van der Waals surface area contributed by atoms with Crippen LogP contribution in [0.2, 0.25) is 0 Å². The van der Waals surface area contributed by atoms with Crippen molar-refractivity contribution in [3.05, 3.63) is 42.2 Å². The van der Waals surface area contributed by atoms with Gasteiger partial charge in [0, 0.05) is 6.54 Å². The summed E-state index contributed by atoms with van der Waals surface area (Å²) in [5.74, 6) is 0.0251. The molecule has 2 N–H and O–H groups in total. The van der Waals surface area contributed by atoms with E-state index in [1.54, 1.807) is 10.9 Å².